The van der Waals surface area contributed by atoms with Gasteiger partial charge in [0.2, 0.25) is 0 Å². The number of carbonyl (C=O) groups is 1. The summed E-state index contributed by atoms with van der Waals surface area (Å²) in [7, 11) is 1.80. The molecule has 0 fully saturated rings. The molecule has 0 spiro atoms. The molecule has 1 N–H and O–H groups in total. The summed E-state index contributed by atoms with van der Waals surface area (Å²) in [5, 5.41) is 10.4. The van der Waals surface area contributed by atoms with E-state index in [0.717, 1.165) is 11.3 Å². The molecule has 2 aromatic rings. The summed E-state index contributed by atoms with van der Waals surface area (Å²) in [5.41, 5.74) is 1.80. The van der Waals surface area contributed by atoms with E-state index in [9.17, 15) is 4.79 Å². The second kappa shape index (κ2) is 6.53. The maximum absolute atomic E-state index is 11.4. The summed E-state index contributed by atoms with van der Waals surface area (Å²) in [6.45, 7) is 0.754. The van der Waals surface area contributed by atoms with Crippen LogP contribution in [0.3, 0.4) is 0 Å². The van der Waals surface area contributed by atoms with Crippen molar-refractivity contribution < 1.29 is 9.53 Å². The van der Waals surface area contributed by atoms with Crippen molar-refractivity contribution in [3.8, 4) is 0 Å². The van der Waals surface area contributed by atoms with Crippen molar-refractivity contribution in [1.29, 1.82) is 0 Å². The first kappa shape index (κ1) is 13.1. The fourth-order valence-corrected chi connectivity index (χ4v) is 1.58. The minimum absolute atomic E-state index is 0.276. The van der Waals surface area contributed by atoms with Gasteiger partial charge in [-0.2, -0.15) is 0 Å². The smallest absolute Gasteiger partial charge is 0.407 e. The van der Waals surface area contributed by atoms with Gasteiger partial charge in [-0.05, 0) is 5.56 Å². The largest absolute Gasteiger partial charge is 0.445 e. The van der Waals surface area contributed by atoms with E-state index in [1.807, 2.05) is 36.5 Å². The van der Waals surface area contributed by atoms with E-state index < -0.39 is 6.09 Å². The molecule has 6 nitrogen and oxygen atoms in total. The van der Waals surface area contributed by atoms with Crippen LogP contribution >= 0.6 is 0 Å². The van der Waals surface area contributed by atoms with Crippen LogP contribution < -0.4 is 5.32 Å². The SMILES string of the molecule is Cn1cc(CCNC(=O)OCc2ccccc2)nn1. The zero-order valence-electron chi connectivity index (χ0n) is 10.7. The van der Waals surface area contributed by atoms with Crippen LogP contribution in [0.15, 0.2) is 36.5 Å². The average Bonchev–Trinajstić information content (AvgIpc) is 2.83. The van der Waals surface area contributed by atoms with E-state index in [1.165, 1.54) is 0 Å². The third-order valence-corrected chi connectivity index (χ3v) is 2.51. The predicted molar refractivity (Wildman–Crippen MR) is 69.3 cm³/mol. The first-order valence-corrected chi connectivity index (χ1v) is 6.04. The van der Waals surface area contributed by atoms with Gasteiger partial charge in [0.25, 0.3) is 0 Å². The molecule has 0 atom stereocenters. The first-order chi connectivity index (χ1) is 9.24. The van der Waals surface area contributed by atoms with E-state index in [1.54, 1.807) is 11.7 Å². The van der Waals surface area contributed by atoms with Crippen LogP contribution in [0.1, 0.15) is 11.3 Å². The molecular formula is C13H16N4O2. The Kier molecular flexibility index (Phi) is 4.49. The molecule has 100 valence electrons. The van der Waals surface area contributed by atoms with E-state index in [4.69, 9.17) is 4.74 Å². The van der Waals surface area contributed by atoms with Gasteiger partial charge >= 0.3 is 6.09 Å². The van der Waals surface area contributed by atoms with E-state index >= 15 is 0 Å². The van der Waals surface area contributed by atoms with Crippen LogP contribution in [0.2, 0.25) is 0 Å². The summed E-state index contributed by atoms with van der Waals surface area (Å²) in [5.74, 6) is 0. The molecule has 0 saturated heterocycles. The molecule has 0 aliphatic rings. The lowest BCUT2D eigenvalue weighted by Gasteiger charge is -2.06. The number of aromatic nitrogens is 3. The molecule has 0 aliphatic heterocycles. The lowest BCUT2D eigenvalue weighted by atomic mass is 10.2. The van der Waals surface area contributed by atoms with Gasteiger partial charge in [-0.1, -0.05) is 35.5 Å². The monoisotopic (exact) mass is 260 g/mol. The molecule has 1 heterocycles. The van der Waals surface area contributed by atoms with Crippen LogP contribution in [-0.2, 0) is 24.8 Å². The molecule has 1 aromatic heterocycles. The van der Waals surface area contributed by atoms with Crippen molar-refractivity contribution >= 4 is 6.09 Å². The first-order valence-electron chi connectivity index (χ1n) is 6.04. The second-order valence-corrected chi connectivity index (χ2v) is 4.12. The Balaban J connectivity index is 1.65. The standard InChI is InChI=1S/C13H16N4O2/c1-17-9-12(15-16-17)7-8-14-13(18)19-10-11-5-3-2-4-6-11/h2-6,9H,7-8,10H2,1H3,(H,14,18). The molecule has 1 aromatic carbocycles. The summed E-state index contributed by atoms with van der Waals surface area (Å²) >= 11 is 0. The van der Waals surface area contributed by atoms with Gasteiger partial charge in [-0.3, -0.25) is 4.68 Å². The van der Waals surface area contributed by atoms with Gasteiger partial charge < -0.3 is 10.1 Å². The molecule has 6 heteroatoms. The molecule has 0 saturated carbocycles. The fraction of sp³-hybridized carbons (Fsp3) is 0.308. The molecule has 0 radical (unpaired) electrons. The molecule has 19 heavy (non-hydrogen) atoms. The highest BCUT2D eigenvalue weighted by Gasteiger charge is 2.03. The number of amides is 1. The van der Waals surface area contributed by atoms with Gasteiger partial charge in [0.1, 0.15) is 6.61 Å². The molecular weight excluding hydrogens is 244 g/mol. The summed E-state index contributed by atoms with van der Waals surface area (Å²) < 4.78 is 6.71. The Morgan fingerprint density at radius 1 is 1.37 bits per heavy atom. The number of aryl methyl sites for hydroxylation is 1. The van der Waals surface area contributed by atoms with Gasteiger partial charge in [0.15, 0.2) is 0 Å². The maximum Gasteiger partial charge on any atom is 0.407 e. The predicted octanol–water partition coefficient (Wildman–Crippen LogP) is 1.28. The Hall–Kier alpha value is -2.37. The van der Waals surface area contributed by atoms with Crippen LogP contribution in [0, 0.1) is 0 Å². The molecule has 0 unspecified atom stereocenters. The van der Waals surface area contributed by atoms with Crippen LogP contribution in [0.4, 0.5) is 4.79 Å². The zero-order valence-corrected chi connectivity index (χ0v) is 10.7. The maximum atomic E-state index is 11.4. The van der Waals surface area contributed by atoms with Crippen molar-refractivity contribution in [2.45, 2.75) is 13.0 Å². The van der Waals surface area contributed by atoms with Gasteiger partial charge in [0, 0.05) is 26.2 Å². The summed E-state index contributed by atoms with van der Waals surface area (Å²) in [6, 6.07) is 9.56. The van der Waals surface area contributed by atoms with Crippen LogP contribution in [0.5, 0.6) is 0 Å². The third kappa shape index (κ3) is 4.42. The quantitative estimate of drug-likeness (QED) is 0.879. The van der Waals surface area contributed by atoms with Crippen molar-refractivity contribution in [3.63, 3.8) is 0 Å². The second-order valence-electron chi connectivity index (χ2n) is 4.12. The van der Waals surface area contributed by atoms with Crippen molar-refractivity contribution in [2.24, 2.45) is 7.05 Å². The third-order valence-electron chi connectivity index (χ3n) is 2.51. The number of benzene rings is 1. The normalized spacial score (nSPS) is 10.2. The number of ether oxygens (including phenoxy) is 1. The summed E-state index contributed by atoms with van der Waals surface area (Å²) in [4.78, 5) is 11.4. The highest BCUT2D eigenvalue weighted by Crippen LogP contribution is 2.00. The molecule has 1 amide bonds. The van der Waals surface area contributed by atoms with E-state index in [-0.39, 0.29) is 6.61 Å². The zero-order chi connectivity index (χ0) is 13.5. The van der Waals surface area contributed by atoms with Gasteiger partial charge in [-0.25, -0.2) is 4.79 Å². The van der Waals surface area contributed by atoms with Gasteiger partial charge in [0.05, 0.1) is 5.69 Å². The molecule has 0 bridgehead atoms. The fourth-order valence-electron chi connectivity index (χ4n) is 1.58. The highest BCUT2D eigenvalue weighted by molar-refractivity contribution is 5.67. The number of nitrogens with one attached hydrogen (secondary N) is 1. The van der Waals surface area contributed by atoms with Crippen LogP contribution in [-0.4, -0.2) is 27.6 Å². The van der Waals surface area contributed by atoms with E-state index in [0.29, 0.717) is 13.0 Å². The molecule has 2 rings (SSSR count). The Labute approximate surface area is 111 Å². The Morgan fingerprint density at radius 2 is 2.16 bits per heavy atom. The number of nitrogens with zero attached hydrogens (tertiary/aromatic N) is 3. The van der Waals surface area contributed by atoms with Crippen LogP contribution in [0.25, 0.3) is 0 Å². The topological polar surface area (TPSA) is 69.0 Å². The number of alkyl carbamates (subject to hydrolysis) is 1. The number of hydrogen-bond donors (Lipinski definition) is 1. The Morgan fingerprint density at radius 3 is 2.84 bits per heavy atom. The lowest BCUT2D eigenvalue weighted by Crippen LogP contribution is -2.26. The van der Waals surface area contributed by atoms with Gasteiger partial charge in [-0.15, -0.1) is 5.10 Å². The number of carbonyl (C=O) groups excluding carboxylic acids is 1. The Bertz CT molecular complexity index is 524. The minimum Gasteiger partial charge on any atom is -0.445 e. The number of hydrogen-bond acceptors (Lipinski definition) is 4. The minimum atomic E-state index is -0.423. The highest BCUT2D eigenvalue weighted by atomic mass is 16.5. The van der Waals surface area contributed by atoms with Crippen molar-refractivity contribution in [3.05, 3.63) is 47.8 Å². The molecule has 0 aliphatic carbocycles. The van der Waals surface area contributed by atoms with Crippen molar-refractivity contribution in [1.82, 2.24) is 20.3 Å². The van der Waals surface area contributed by atoms with Crippen molar-refractivity contribution in [2.75, 3.05) is 6.54 Å². The lowest BCUT2D eigenvalue weighted by molar-refractivity contribution is 0.140. The average molecular weight is 260 g/mol. The number of rotatable bonds is 5. The summed E-state index contributed by atoms with van der Waals surface area (Å²) in [6.07, 6.45) is 2.03. The van der Waals surface area contributed by atoms with E-state index in [2.05, 4.69) is 15.6 Å².